The van der Waals surface area contributed by atoms with E-state index in [1.54, 1.807) is 0 Å². The van der Waals surface area contributed by atoms with E-state index in [9.17, 15) is 0 Å². The summed E-state index contributed by atoms with van der Waals surface area (Å²) in [4.78, 5) is 4.87. The van der Waals surface area contributed by atoms with E-state index in [1.165, 1.54) is 94.6 Å². The average Bonchev–Trinajstić information content (AvgIpc) is 1.45. The lowest BCUT2D eigenvalue weighted by atomic mass is 9.53. The van der Waals surface area contributed by atoms with Gasteiger partial charge in [0.05, 0.1) is 10.8 Å². The van der Waals surface area contributed by atoms with Crippen molar-refractivity contribution in [3.05, 3.63) is 442 Å². The molecule has 4 nitrogen and oxygen atoms in total. The number of anilines is 6. The number of benzene rings is 16. The molecule has 0 aliphatic heterocycles. The van der Waals surface area contributed by atoms with Crippen LogP contribution in [0.4, 0.5) is 34.1 Å². The highest BCUT2D eigenvalue weighted by Crippen LogP contribution is 2.67. The van der Waals surface area contributed by atoms with Crippen molar-refractivity contribution in [1.82, 2.24) is 0 Å². The Kier molecular flexibility index (Phi) is 13.4. The fraction of sp³-hybridized carbons (Fsp3) is 0.0769. The van der Waals surface area contributed by atoms with Crippen molar-refractivity contribution in [1.29, 1.82) is 0 Å². The topological polar surface area (TPSA) is 32.8 Å². The molecule has 0 saturated carbocycles. The van der Waals surface area contributed by atoms with E-state index < -0.39 is 16.2 Å². The fourth-order valence-corrected chi connectivity index (χ4v) is 20.3. The molecule has 1 atom stereocenters. The summed E-state index contributed by atoms with van der Waals surface area (Å²) in [6.45, 7) is 7.43. The first kappa shape index (κ1) is 62.1. The lowest BCUT2D eigenvalue weighted by molar-refractivity contribution is 0.514. The van der Waals surface area contributed by atoms with Gasteiger partial charge in [0.2, 0.25) is 0 Å². The number of fused-ring (bicyclic) bond motifs is 24. The van der Waals surface area contributed by atoms with Crippen molar-refractivity contribution in [2.24, 2.45) is 0 Å². The number of nitrogens with zero attached hydrogens (tertiary/aromatic N) is 2. The van der Waals surface area contributed by atoms with Crippen molar-refractivity contribution in [2.45, 2.75) is 48.9 Å². The largest absolute Gasteiger partial charge is 0.456 e. The minimum atomic E-state index is -0.658. The molecular formula is C104H72N2O2. The van der Waals surface area contributed by atoms with Crippen LogP contribution in [0.1, 0.15) is 93.1 Å². The predicted octanol–water partition coefficient (Wildman–Crippen LogP) is 27.0. The minimum absolute atomic E-state index is 0.375. The molecular weight excluding hydrogens is 1310 g/mol. The minimum Gasteiger partial charge on any atom is -0.456 e. The van der Waals surface area contributed by atoms with Crippen LogP contribution in [-0.4, -0.2) is 0 Å². The summed E-state index contributed by atoms with van der Waals surface area (Å²) >= 11 is 0. The average molecular weight is 1380 g/mol. The second-order valence-electron chi connectivity index (χ2n) is 30.7. The molecule has 0 fully saturated rings. The van der Waals surface area contributed by atoms with Crippen molar-refractivity contribution >= 4 is 78.0 Å². The van der Waals surface area contributed by atoms with Gasteiger partial charge < -0.3 is 18.6 Å². The van der Waals surface area contributed by atoms with Crippen LogP contribution >= 0.6 is 0 Å². The molecule has 2 spiro atoms. The molecule has 510 valence electrons. The molecule has 4 aliphatic rings. The van der Waals surface area contributed by atoms with E-state index in [4.69, 9.17) is 8.83 Å². The zero-order valence-electron chi connectivity index (χ0n) is 60.1. The molecule has 0 bridgehead atoms. The molecule has 0 radical (unpaired) electrons. The molecule has 4 heteroatoms. The highest BCUT2D eigenvalue weighted by molar-refractivity contribution is 6.13. The highest BCUT2D eigenvalue weighted by atomic mass is 16.3. The third-order valence-corrected chi connectivity index (χ3v) is 24.9. The van der Waals surface area contributed by atoms with Crippen LogP contribution in [0, 0.1) is 0 Å². The van der Waals surface area contributed by atoms with E-state index in [-0.39, 0.29) is 5.41 Å². The van der Waals surface area contributed by atoms with Gasteiger partial charge in [-0.2, -0.15) is 0 Å². The Labute approximate surface area is 628 Å². The second-order valence-corrected chi connectivity index (χ2v) is 30.7. The highest BCUT2D eigenvalue weighted by Gasteiger charge is 2.57. The van der Waals surface area contributed by atoms with Crippen LogP contribution in [0.15, 0.2) is 379 Å². The van der Waals surface area contributed by atoms with Gasteiger partial charge in [-0.15, -0.1) is 0 Å². The summed E-state index contributed by atoms with van der Waals surface area (Å²) < 4.78 is 12.8. The SMILES string of the molecule is CC1(C)c2ccccc2C2(c3ccccc3-c3c(CC4(C)c5ccccc5C5(c6ccccc6-c6ccc(N(c7ccccc7)c7ccc(-c8cccc9oc%10ccccc%10c89)cc7)cc65)c5ccccc54)cccc32)c2ccc(N(c3ccccc3)c3ccc(-c4ccc5c(c4)oc4ccccc45)cc3)cc21. The van der Waals surface area contributed by atoms with Gasteiger partial charge in [0.15, 0.2) is 0 Å². The Balaban J connectivity index is 0.676. The number of hydrogen-bond donors (Lipinski definition) is 0. The van der Waals surface area contributed by atoms with Crippen molar-refractivity contribution in [3.63, 3.8) is 0 Å². The Morgan fingerprint density at radius 2 is 0.657 bits per heavy atom. The molecule has 2 heterocycles. The first-order chi connectivity index (χ1) is 53.2. The summed E-state index contributed by atoms with van der Waals surface area (Å²) in [5, 5.41) is 4.53. The molecule has 0 N–H and O–H groups in total. The van der Waals surface area contributed by atoms with Crippen molar-refractivity contribution in [3.8, 4) is 44.5 Å². The summed E-state index contributed by atoms with van der Waals surface area (Å²) in [6.07, 6.45) is 0.764. The standard InChI is InChI=1S/C104H72N2O2/c1-101(2)85-38-16-19-41-88(85)103(91-61-58-75(64-94(91)101)106(71-29-8-5-9-30-71)72-53-48-66(49-54-72)68-52-59-80-79-32-12-22-45-95(79)108-98(80)62-68)84-37-15-11-33-81(84)99-69(26-24-44-92(99)103)65-102(3)86-39-17-20-42-89(86)104(90-43-21-18-40-87(90)102)83-36-14-10-31-77(83)78-60-57-74(63-93(78)104)105(70-27-6-4-7-28-70)73-55-50-67(51-56-73)76-35-25-47-97-100(76)82-34-13-23-46-96(82)107-97/h4-64H,65H2,1-3H3. The molecule has 16 aromatic carbocycles. The monoisotopic (exact) mass is 1380 g/mol. The Hall–Kier alpha value is -13.3. The number of para-hydroxylation sites is 4. The fourth-order valence-electron chi connectivity index (χ4n) is 20.3. The van der Waals surface area contributed by atoms with E-state index in [1.807, 2.05) is 18.2 Å². The maximum atomic E-state index is 6.39. The van der Waals surface area contributed by atoms with Gasteiger partial charge in [-0.05, 0) is 226 Å². The molecule has 0 saturated heterocycles. The summed E-state index contributed by atoms with van der Waals surface area (Å²) in [5.41, 5.74) is 34.9. The van der Waals surface area contributed by atoms with Crippen molar-refractivity contribution in [2.75, 3.05) is 9.80 Å². The summed E-state index contributed by atoms with van der Waals surface area (Å²) in [5.74, 6) is 0. The molecule has 1 unspecified atom stereocenters. The van der Waals surface area contributed by atoms with E-state index in [0.29, 0.717) is 0 Å². The first-order valence-corrected chi connectivity index (χ1v) is 37.8. The van der Waals surface area contributed by atoms with Gasteiger partial charge in [0, 0.05) is 66.5 Å². The van der Waals surface area contributed by atoms with Crippen LogP contribution in [0.5, 0.6) is 0 Å². The Bertz CT molecular complexity index is 6670. The van der Waals surface area contributed by atoms with Gasteiger partial charge in [-0.25, -0.2) is 0 Å². The predicted molar refractivity (Wildman–Crippen MR) is 445 cm³/mol. The zero-order chi connectivity index (χ0) is 71.6. The number of hydrogen-bond acceptors (Lipinski definition) is 4. The number of rotatable bonds is 10. The smallest absolute Gasteiger partial charge is 0.136 e. The van der Waals surface area contributed by atoms with Crippen LogP contribution in [-0.2, 0) is 28.1 Å². The third kappa shape index (κ3) is 8.68. The second kappa shape index (κ2) is 23.4. The van der Waals surface area contributed by atoms with Crippen LogP contribution in [0.2, 0.25) is 0 Å². The lowest BCUT2D eigenvalue weighted by Crippen LogP contribution is -2.43. The van der Waals surface area contributed by atoms with Crippen LogP contribution in [0.3, 0.4) is 0 Å². The summed E-state index contributed by atoms with van der Waals surface area (Å²) in [6, 6.07) is 139. The van der Waals surface area contributed by atoms with Gasteiger partial charge in [-0.1, -0.05) is 288 Å². The van der Waals surface area contributed by atoms with E-state index in [0.717, 1.165) is 107 Å². The zero-order valence-corrected chi connectivity index (χ0v) is 60.1. The van der Waals surface area contributed by atoms with Gasteiger partial charge >= 0.3 is 0 Å². The normalized spacial score (nSPS) is 16.4. The van der Waals surface area contributed by atoms with Crippen LogP contribution < -0.4 is 9.80 Å². The molecule has 0 amide bonds. The molecule has 4 aliphatic carbocycles. The van der Waals surface area contributed by atoms with Gasteiger partial charge in [0.25, 0.3) is 0 Å². The van der Waals surface area contributed by atoms with Gasteiger partial charge in [-0.3, -0.25) is 0 Å². The van der Waals surface area contributed by atoms with Gasteiger partial charge in [0.1, 0.15) is 22.3 Å². The molecule has 2 aromatic heterocycles. The number of furan rings is 2. The maximum Gasteiger partial charge on any atom is 0.136 e. The molecule has 22 rings (SSSR count). The maximum absolute atomic E-state index is 6.39. The Morgan fingerprint density at radius 3 is 1.32 bits per heavy atom. The molecule has 18 aromatic rings. The Morgan fingerprint density at radius 1 is 0.241 bits per heavy atom. The lowest BCUT2D eigenvalue weighted by Gasteiger charge is -2.48. The quantitative estimate of drug-likeness (QED) is 0.137. The van der Waals surface area contributed by atoms with E-state index in [2.05, 4.69) is 382 Å². The first-order valence-electron chi connectivity index (χ1n) is 37.8. The summed E-state index contributed by atoms with van der Waals surface area (Å²) in [7, 11) is 0. The third-order valence-electron chi connectivity index (χ3n) is 24.9. The molecule has 108 heavy (non-hydrogen) atoms. The van der Waals surface area contributed by atoms with E-state index >= 15 is 0 Å². The van der Waals surface area contributed by atoms with Crippen molar-refractivity contribution < 1.29 is 8.83 Å². The van der Waals surface area contributed by atoms with Crippen LogP contribution in [0.25, 0.3) is 88.4 Å².